The van der Waals surface area contributed by atoms with Crippen LogP contribution in [-0.2, 0) is 0 Å². The van der Waals surface area contributed by atoms with Crippen LogP contribution in [0.25, 0.3) is 0 Å². The maximum absolute atomic E-state index is 10.6. The summed E-state index contributed by atoms with van der Waals surface area (Å²) in [4.78, 5) is 14.1. The molecule has 0 spiro atoms. The quantitative estimate of drug-likeness (QED) is 0.629. The zero-order valence-electron chi connectivity index (χ0n) is 11.6. The number of nitrogens with one attached hydrogen (secondary N) is 1. The average molecular weight is 287 g/mol. The largest absolute Gasteiger partial charge is 0.387 e. The van der Waals surface area contributed by atoms with Gasteiger partial charge < -0.3 is 10.4 Å². The molecule has 1 aromatic heterocycles. The molecule has 2 rings (SSSR count). The van der Waals surface area contributed by atoms with Crippen molar-refractivity contribution in [1.29, 1.82) is 0 Å². The Bertz CT molecular complexity index is 587. The lowest BCUT2D eigenvalue weighted by molar-refractivity contribution is -0.384. The van der Waals surface area contributed by atoms with Gasteiger partial charge in [0, 0.05) is 37.1 Å². The summed E-state index contributed by atoms with van der Waals surface area (Å²) in [6.07, 6.45) is 2.73. The number of nitrogens with zero attached hydrogens (tertiary/aromatic N) is 2. The van der Waals surface area contributed by atoms with Gasteiger partial charge in [-0.25, -0.2) is 0 Å². The number of non-ortho nitro benzene ring substituents is 1. The monoisotopic (exact) mass is 287 g/mol. The minimum Gasteiger partial charge on any atom is -0.387 e. The molecule has 2 unspecified atom stereocenters. The molecule has 21 heavy (non-hydrogen) atoms. The average Bonchev–Trinajstić information content (AvgIpc) is 2.53. The Morgan fingerprint density at radius 1 is 1.19 bits per heavy atom. The number of aliphatic hydroxyl groups is 1. The second kappa shape index (κ2) is 6.92. The molecule has 0 aliphatic carbocycles. The first kappa shape index (κ1) is 15.1. The third kappa shape index (κ3) is 4.08. The highest BCUT2D eigenvalue weighted by atomic mass is 16.6. The summed E-state index contributed by atoms with van der Waals surface area (Å²) in [5.41, 5.74) is 1.75. The highest BCUT2D eigenvalue weighted by Gasteiger charge is 2.12. The van der Waals surface area contributed by atoms with E-state index in [1.807, 2.05) is 19.1 Å². The van der Waals surface area contributed by atoms with Crippen LogP contribution in [0.4, 0.5) is 5.69 Å². The van der Waals surface area contributed by atoms with E-state index in [2.05, 4.69) is 10.3 Å². The second-order valence-corrected chi connectivity index (χ2v) is 4.77. The predicted octanol–water partition coefficient (Wildman–Crippen LogP) is 2.37. The Morgan fingerprint density at radius 3 is 2.38 bits per heavy atom. The van der Waals surface area contributed by atoms with Crippen LogP contribution < -0.4 is 5.32 Å². The molecule has 1 heterocycles. The number of aliphatic hydroxyl groups excluding tert-OH is 1. The van der Waals surface area contributed by atoms with Crippen molar-refractivity contribution in [2.45, 2.75) is 19.1 Å². The molecular formula is C15H17N3O3. The lowest BCUT2D eigenvalue weighted by Crippen LogP contribution is -2.24. The Labute approximate surface area is 122 Å². The van der Waals surface area contributed by atoms with Crippen molar-refractivity contribution in [3.8, 4) is 0 Å². The first-order valence-electron chi connectivity index (χ1n) is 6.63. The zero-order valence-corrected chi connectivity index (χ0v) is 11.6. The molecule has 6 nitrogen and oxygen atoms in total. The molecule has 1 aromatic carbocycles. The van der Waals surface area contributed by atoms with E-state index in [0.717, 1.165) is 5.56 Å². The second-order valence-electron chi connectivity index (χ2n) is 4.77. The van der Waals surface area contributed by atoms with E-state index in [9.17, 15) is 15.2 Å². The molecule has 2 atom stereocenters. The minimum atomic E-state index is -0.713. The normalized spacial score (nSPS) is 13.6. The summed E-state index contributed by atoms with van der Waals surface area (Å²) < 4.78 is 0. The fourth-order valence-electron chi connectivity index (χ4n) is 1.99. The van der Waals surface area contributed by atoms with Crippen LogP contribution >= 0.6 is 0 Å². The summed E-state index contributed by atoms with van der Waals surface area (Å²) in [5, 5.41) is 23.9. The van der Waals surface area contributed by atoms with Gasteiger partial charge in [-0.1, -0.05) is 0 Å². The van der Waals surface area contributed by atoms with E-state index in [1.54, 1.807) is 24.5 Å². The van der Waals surface area contributed by atoms with Crippen LogP contribution in [-0.4, -0.2) is 21.6 Å². The molecular weight excluding hydrogens is 270 g/mol. The third-order valence-corrected chi connectivity index (χ3v) is 3.31. The van der Waals surface area contributed by atoms with Gasteiger partial charge in [0.05, 0.1) is 11.0 Å². The van der Waals surface area contributed by atoms with E-state index in [-0.39, 0.29) is 11.7 Å². The Balaban J connectivity index is 1.92. The van der Waals surface area contributed by atoms with Crippen molar-refractivity contribution in [3.05, 3.63) is 70.0 Å². The maximum Gasteiger partial charge on any atom is 0.269 e. The van der Waals surface area contributed by atoms with E-state index >= 15 is 0 Å². The van der Waals surface area contributed by atoms with Gasteiger partial charge >= 0.3 is 0 Å². The Morgan fingerprint density at radius 2 is 1.81 bits per heavy atom. The lowest BCUT2D eigenvalue weighted by atomic mass is 10.1. The van der Waals surface area contributed by atoms with Crippen molar-refractivity contribution >= 4 is 5.69 Å². The third-order valence-electron chi connectivity index (χ3n) is 3.31. The molecule has 0 bridgehead atoms. The molecule has 0 amide bonds. The fourth-order valence-corrected chi connectivity index (χ4v) is 1.99. The van der Waals surface area contributed by atoms with Crippen molar-refractivity contribution in [1.82, 2.24) is 10.3 Å². The summed E-state index contributed by atoms with van der Waals surface area (Å²) >= 11 is 0. The van der Waals surface area contributed by atoms with Gasteiger partial charge in [-0.2, -0.15) is 0 Å². The summed E-state index contributed by atoms with van der Waals surface area (Å²) in [7, 11) is 0. The molecule has 0 aliphatic heterocycles. The molecule has 110 valence electrons. The number of nitro benzene ring substituents is 1. The number of nitro groups is 1. The molecule has 0 aliphatic rings. The van der Waals surface area contributed by atoms with Crippen LogP contribution in [0, 0.1) is 10.1 Å². The van der Waals surface area contributed by atoms with Gasteiger partial charge in [-0.05, 0) is 42.3 Å². The standard InChI is InChI=1S/C15H17N3O3/c1-11(12-6-8-16-9-7-12)17-10-15(19)13-2-4-14(5-3-13)18(20)21/h2-9,11,15,17,19H,10H2,1H3. The van der Waals surface area contributed by atoms with Crippen LogP contribution in [0.5, 0.6) is 0 Å². The Hall–Kier alpha value is -2.31. The molecule has 0 radical (unpaired) electrons. The Kier molecular flexibility index (Phi) is 4.97. The van der Waals surface area contributed by atoms with E-state index in [0.29, 0.717) is 12.1 Å². The highest BCUT2D eigenvalue weighted by molar-refractivity contribution is 5.33. The number of rotatable bonds is 6. The number of hydrogen-bond acceptors (Lipinski definition) is 5. The molecule has 0 saturated carbocycles. The first-order chi connectivity index (χ1) is 10.1. The van der Waals surface area contributed by atoms with Gasteiger partial charge in [0.1, 0.15) is 0 Å². The summed E-state index contributed by atoms with van der Waals surface area (Å²) in [6.45, 7) is 2.36. The molecule has 0 saturated heterocycles. The van der Waals surface area contributed by atoms with E-state index < -0.39 is 11.0 Å². The smallest absolute Gasteiger partial charge is 0.269 e. The summed E-state index contributed by atoms with van der Waals surface area (Å²) in [5.74, 6) is 0. The zero-order chi connectivity index (χ0) is 15.2. The number of hydrogen-bond donors (Lipinski definition) is 2. The van der Waals surface area contributed by atoms with Crippen LogP contribution in [0.15, 0.2) is 48.8 Å². The highest BCUT2D eigenvalue weighted by Crippen LogP contribution is 2.18. The van der Waals surface area contributed by atoms with Crippen LogP contribution in [0.1, 0.15) is 30.2 Å². The van der Waals surface area contributed by atoms with Crippen molar-refractivity contribution in [3.63, 3.8) is 0 Å². The minimum absolute atomic E-state index is 0.0177. The number of benzene rings is 1. The lowest BCUT2D eigenvalue weighted by Gasteiger charge is -2.17. The van der Waals surface area contributed by atoms with E-state index in [1.165, 1.54) is 12.1 Å². The SMILES string of the molecule is CC(NCC(O)c1ccc([N+](=O)[O-])cc1)c1ccncc1. The van der Waals surface area contributed by atoms with Crippen molar-refractivity contribution in [2.75, 3.05) is 6.54 Å². The first-order valence-corrected chi connectivity index (χ1v) is 6.63. The van der Waals surface area contributed by atoms with Gasteiger partial charge in [0.15, 0.2) is 0 Å². The molecule has 2 N–H and O–H groups in total. The summed E-state index contributed by atoms with van der Waals surface area (Å²) in [6, 6.07) is 9.84. The number of pyridine rings is 1. The predicted molar refractivity (Wildman–Crippen MR) is 78.7 cm³/mol. The maximum atomic E-state index is 10.6. The molecule has 2 aromatic rings. The van der Waals surface area contributed by atoms with Gasteiger partial charge in [0.25, 0.3) is 5.69 Å². The molecule has 6 heteroatoms. The fraction of sp³-hybridized carbons (Fsp3) is 0.267. The van der Waals surface area contributed by atoms with Gasteiger partial charge in [0.2, 0.25) is 0 Å². The topological polar surface area (TPSA) is 88.3 Å². The van der Waals surface area contributed by atoms with Gasteiger partial charge in [-0.15, -0.1) is 0 Å². The molecule has 0 fully saturated rings. The van der Waals surface area contributed by atoms with Crippen LogP contribution in [0.2, 0.25) is 0 Å². The van der Waals surface area contributed by atoms with Crippen molar-refractivity contribution in [2.24, 2.45) is 0 Å². The van der Waals surface area contributed by atoms with E-state index in [4.69, 9.17) is 0 Å². The van der Waals surface area contributed by atoms with Crippen molar-refractivity contribution < 1.29 is 10.0 Å². The van der Waals surface area contributed by atoms with Crippen LogP contribution in [0.3, 0.4) is 0 Å². The number of aromatic nitrogens is 1. The van der Waals surface area contributed by atoms with Gasteiger partial charge in [-0.3, -0.25) is 15.1 Å².